The molecule has 0 nitrogen and oxygen atoms in total. The zero-order valence-corrected chi connectivity index (χ0v) is 19.3. The Balaban J connectivity index is 0. The first-order valence-electron chi connectivity index (χ1n) is 11.9. The van der Waals surface area contributed by atoms with Gasteiger partial charge in [0.1, 0.15) is 0 Å². The minimum absolute atomic E-state index is 0. The first-order valence-corrected chi connectivity index (χ1v) is 11.9. The summed E-state index contributed by atoms with van der Waals surface area (Å²) in [6.45, 7) is 16.4. The third-order valence-corrected chi connectivity index (χ3v) is 6.19. The standard InChI is InChI=1S/C10H16.C10H14.3C2H6.CH4/c1-2-9-7-4-5-8(6-7)10(9)3-1;1-3-9-5-7-10(4-2)8-6-9;3*1-2;/h7-10H,1-6H2;5-8H,3-4H2,1-2H3;3*1-2H3;1H4. The van der Waals surface area contributed by atoms with E-state index in [4.69, 9.17) is 0 Å². The number of fused-ring (bicyclic) bond motifs is 5. The van der Waals surface area contributed by atoms with Crippen LogP contribution in [0.2, 0.25) is 0 Å². The van der Waals surface area contributed by atoms with Crippen LogP contribution in [-0.2, 0) is 12.8 Å². The van der Waals surface area contributed by atoms with Crippen molar-refractivity contribution < 1.29 is 0 Å². The fourth-order valence-electron chi connectivity index (χ4n) is 5.03. The average Bonchev–Trinajstić information content (AvgIpc) is 3.48. The van der Waals surface area contributed by atoms with Crippen LogP contribution in [-0.4, -0.2) is 0 Å². The number of benzene rings is 1. The molecule has 0 radical (unpaired) electrons. The van der Waals surface area contributed by atoms with E-state index in [0.29, 0.717) is 0 Å². The van der Waals surface area contributed by atoms with Crippen LogP contribution in [0, 0.1) is 23.7 Å². The summed E-state index contributed by atoms with van der Waals surface area (Å²) in [4.78, 5) is 0. The van der Waals surface area contributed by atoms with Gasteiger partial charge in [-0.25, -0.2) is 0 Å². The van der Waals surface area contributed by atoms with Gasteiger partial charge >= 0.3 is 0 Å². The lowest BCUT2D eigenvalue weighted by Gasteiger charge is -2.23. The van der Waals surface area contributed by atoms with Crippen LogP contribution in [0.3, 0.4) is 0 Å². The Labute approximate surface area is 173 Å². The van der Waals surface area contributed by atoms with Gasteiger partial charge < -0.3 is 0 Å². The largest absolute Gasteiger partial charge is 0.0776 e. The van der Waals surface area contributed by atoms with Gasteiger partial charge in [0, 0.05) is 0 Å². The normalized spacial score (nSPS) is 25.6. The fourth-order valence-corrected chi connectivity index (χ4v) is 5.03. The molecule has 0 N–H and O–H groups in total. The highest BCUT2D eigenvalue weighted by Gasteiger charge is 2.48. The molecule has 27 heavy (non-hydrogen) atoms. The summed E-state index contributed by atoms with van der Waals surface area (Å²) >= 11 is 0. The van der Waals surface area contributed by atoms with Crippen LogP contribution in [0.15, 0.2) is 24.3 Å². The van der Waals surface area contributed by atoms with Crippen molar-refractivity contribution in [2.45, 2.75) is 114 Å². The van der Waals surface area contributed by atoms with E-state index in [1.54, 1.807) is 38.5 Å². The molecule has 4 atom stereocenters. The van der Waals surface area contributed by atoms with E-state index in [0.717, 1.165) is 12.8 Å². The summed E-state index contributed by atoms with van der Waals surface area (Å²) in [6, 6.07) is 8.83. The monoisotopic (exact) mass is 376 g/mol. The molecule has 0 aliphatic heterocycles. The van der Waals surface area contributed by atoms with Crippen molar-refractivity contribution in [3.05, 3.63) is 35.4 Å². The number of hydrogen-bond acceptors (Lipinski definition) is 0. The molecule has 4 rings (SSSR count). The van der Waals surface area contributed by atoms with E-state index in [9.17, 15) is 0 Å². The lowest BCUT2D eigenvalue weighted by Crippen LogP contribution is -2.15. The van der Waals surface area contributed by atoms with Crippen LogP contribution >= 0.6 is 0 Å². The Hall–Kier alpha value is -0.780. The average molecular weight is 377 g/mol. The predicted molar refractivity (Wildman–Crippen MR) is 128 cm³/mol. The molecule has 2 bridgehead atoms. The second kappa shape index (κ2) is 17.3. The Morgan fingerprint density at radius 1 is 0.630 bits per heavy atom. The lowest BCUT2D eigenvalue weighted by atomic mass is 9.82. The minimum atomic E-state index is 0. The van der Waals surface area contributed by atoms with Gasteiger partial charge in [0.25, 0.3) is 0 Å². The van der Waals surface area contributed by atoms with Gasteiger partial charge in [-0.05, 0) is 79.7 Å². The van der Waals surface area contributed by atoms with Gasteiger partial charge in [-0.3, -0.25) is 0 Å². The maximum atomic E-state index is 2.21. The summed E-state index contributed by atoms with van der Waals surface area (Å²) in [5.74, 6) is 4.80. The molecule has 3 aliphatic carbocycles. The molecule has 3 saturated carbocycles. The minimum Gasteiger partial charge on any atom is -0.0776 e. The van der Waals surface area contributed by atoms with Crippen LogP contribution in [0.5, 0.6) is 0 Å². The Kier molecular flexibility index (Phi) is 18.2. The molecule has 3 aliphatic rings. The Morgan fingerprint density at radius 2 is 0.963 bits per heavy atom. The zero-order valence-electron chi connectivity index (χ0n) is 19.3. The van der Waals surface area contributed by atoms with Gasteiger partial charge in [0.15, 0.2) is 0 Å². The molecular weight excluding hydrogens is 324 g/mol. The molecule has 1 aromatic carbocycles. The number of rotatable bonds is 2. The van der Waals surface area contributed by atoms with Crippen molar-refractivity contribution in [2.24, 2.45) is 23.7 Å². The molecule has 0 saturated heterocycles. The zero-order chi connectivity index (χ0) is 19.9. The van der Waals surface area contributed by atoms with Crippen molar-refractivity contribution in [1.29, 1.82) is 0 Å². The first kappa shape index (κ1) is 28.4. The van der Waals surface area contributed by atoms with Crippen LogP contribution in [0.4, 0.5) is 0 Å². The van der Waals surface area contributed by atoms with E-state index in [1.165, 1.54) is 34.8 Å². The van der Waals surface area contributed by atoms with E-state index in [-0.39, 0.29) is 7.43 Å². The van der Waals surface area contributed by atoms with Crippen molar-refractivity contribution in [2.75, 3.05) is 0 Å². The van der Waals surface area contributed by atoms with Gasteiger partial charge in [-0.15, -0.1) is 0 Å². The molecular formula is C27H52. The van der Waals surface area contributed by atoms with E-state index >= 15 is 0 Å². The molecule has 1 aromatic rings. The van der Waals surface area contributed by atoms with Crippen LogP contribution in [0.1, 0.15) is 112 Å². The summed E-state index contributed by atoms with van der Waals surface area (Å²) in [5, 5.41) is 0. The molecule has 4 unspecified atom stereocenters. The highest BCUT2D eigenvalue weighted by Crippen LogP contribution is 2.58. The molecule has 0 amide bonds. The molecule has 0 heteroatoms. The van der Waals surface area contributed by atoms with Crippen molar-refractivity contribution in [3.8, 4) is 0 Å². The fraction of sp³-hybridized carbons (Fsp3) is 0.778. The first-order chi connectivity index (χ1) is 12.8. The summed E-state index contributed by atoms with van der Waals surface area (Å²) in [6.07, 6.45) is 11.8. The Bertz CT molecular complexity index is 377. The molecule has 0 aromatic heterocycles. The summed E-state index contributed by atoms with van der Waals surface area (Å²) < 4.78 is 0. The Morgan fingerprint density at radius 3 is 1.26 bits per heavy atom. The predicted octanol–water partition coefficient (Wildman–Crippen LogP) is 9.36. The maximum absolute atomic E-state index is 2.21. The molecule has 160 valence electrons. The van der Waals surface area contributed by atoms with Gasteiger partial charge in [-0.2, -0.15) is 0 Å². The van der Waals surface area contributed by atoms with E-state index in [1.807, 2.05) is 41.5 Å². The topological polar surface area (TPSA) is 0 Å². The van der Waals surface area contributed by atoms with E-state index in [2.05, 4.69) is 38.1 Å². The van der Waals surface area contributed by atoms with Crippen LogP contribution < -0.4 is 0 Å². The summed E-state index contributed by atoms with van der Waals surface area (Å²) in [7, 11) is 0. The number of hydrogen-bond donors (Lipinski definition) is 0. The third kappa shape index (κ3) is 8.41. The van der Waals surface area contributed by atoms with Gasteiger partial charge in [0.2, 0.25) is 0 Å². The van der Waals surface area contributed by atoms with Crippen molar-refractivity contribution in [3.63, 3.8) is 0 Å². The van der Waals surface area contributed by atoms with E-state index < -0.39 is 0 Å². The summed E-state index contributed by atoms with van der Waals surface area (Å²) in [5.41, 5.74) is 2.86. The molecule has 0 spiro atoms. The van der Waals surface area contributed by atoms with Crippen LogP contribution in [0.25, 0.3) is 0 Å². The van der Waals surface area contributed by atoms with Crippen molar-refractivity contribution in [1.82, 2.24) is 0 Å². The third-order valence-electron chi connectivity index (χ3n) is 6.19. The second-order valence-electron chi connectivity index (χ2n) is 7.12. The second-order valence-corrected chi connectivity index (χ2v) is 7.12. The highest BCUT2D eigenvalue weighted by atomic mass is 14.5. The van der Waals surface area contributed by atoms with Gasteiger partial charge in [0.05, 0.1) is 0 Å². The quantitative estimate of drug-likeness (QED) is 0.482. The SMILES string of the molecule is C.C1CC2C3CCC(C3)C2C1.CC.CC.CC.CCc1ccc(CC)cc1. The molecule has 0 heterocycles. The number of aryl methyl sites for hydroxylation is 2. The lowest BCUT2D eigenvalue weighted by molar-refractivity contribution is 0.259. The smallest absolute Gasteiger partial charge is 0.0307 e. The van der Waals surface area contributed by atoms with Gasteiger partial charge in [-0.1, -0.05) is 93.5 Å². The maximum Gasteiger partial charge on any atom is -0.0307 e. The molecule has 3 fully saturated rings. The van der Waals surface area contributed by atoms with Crippen molar-refractivity contribution >= 4 is 0 Å². The highest BCUT2D eigenvalue weighted by molar-refractivity contribution is 5.22.